The van der Waals surface area contributed by atoms with E-state index in [1.807, 2.05) is 28.8 Å². The predicted octanol–water partition coefficient (Wildman–Crippen LogP) is 4.09. The standard InChI is InChI=1S/C29H29FN6O2/c30-21-6-4-5-20(19-21)27-34-25-26(31)32-24(11-14-29(37)12-2-1-3-13-29)33-28(25)36(27)23-9-7-22(8-10-23)35-15-17-38-18-16-35/h4-10,19,37H,1-3,12-13,15-18H2,(H2,31,32,33). The molecule has 8 nitrogen and oxygen atoms in total. The quantitative estimate of drug-likeness (QED) is 0.399. The van der Waals surface area contributed by atoms with Gasteiger partial charge in [0.1, 0.15) is 17.2 Å². The Labute approximate surface area is 220 Å². The zero-order valence-corrected chi connectivity index (χ0v) is 21.0. The number of aromatic nitrogens is 4. The first-order valence-corrected chi connectivity index (χ1v) is 13.0. The zero-order valence-electron chi connectivity index (χ0n) is 21.0. The van der Waals surface area contributed by atoms with Crippen LogP contribution in [0.15, 0.2) is 48.5 Å². The summed E-state index contributed by atoms with van der Waals surface area (Å²) in [6.45, 7) is 3.07. The van der Waals surface area contributed by atoms with E-state index in [-0.39, 0.29) is 17.5 Å². The van der Waals surface area contributed by atoms with Crippen LogP contribution in [0.2, 0.25) is 0 Å². The summed E-state index contributed by atoms with van der Waals surface area (Å²) in [5, 5.41) is 10.8. The molecular formula is C29H29FN6O2. The van der Waals surface area contributed by atoms with Crippen LogP contribution in [-0.2, 0) is 4.74 Å². The van der Waals surface area contributed by atoms with Gasteiger partial charge in [0.05, 0.1) is 13.2 Å². The molecule has 0 amide bonds. The van der Waals surface area contributed by atoms with Crippen molar-refractivity contribution < 1.29 is 14.2 Å². The third kappa shape index (κ3) is 4.80. The molecule has 194 valence electrons. The van der Waals surface area contributed by atoms with E-state index in [4.69, 9.17) is 20.4 Å². The third-order valence-corrected chi connectivity index (χ3v) is 7.19. The lowest BCUT2D eigenvalue weighted by Gasteiger charge is -2.29. The molecular weight excluding hydrogens is 483 g/mol. The van der Waals surface area contributed by atoms with Crippen LogP contribution in [0.5, 0.6) is 0 Å². The van der Waals surface area contributed by atoms with E-state index in [2.05, 4.69) is 21.7 Å². The molecule has 6 rings (SSSR count). The second-order valence-electron chi connectivity index (χ2n) is 9.84. The zero-order chi connectivity index (χ0) is 26.1. The Morgan fingerprint density at radius 2 is 1.68 bits per heavy atom. The highest BCUT2D eigenvalue weighted by molar-refractivity contribution is 5.87. The molecule has 2 fully saturated rings. The molecule has 0 unspecified atom stereocenters. The highest BCUT2D eigenvalue weighted by atomic mass is 19.1. The van der Waals surface area contributed by atoms with Gasteiger partial charge < -0.3 is 20.5 Å². The first kappa shape index (κ1) is 24.3. The van der Waals surface area contributed by atoms with Gasteiger partial charge in [-0.3, -0.25) is 4.57 Å². The van der Waals surface area contributed by atoms with Gasteiger partial charge in [-0.25, -0.2) is 19.3 Å². The summed E-state index contributed by atoms with van der Waals surface area (Å²) < 4.78 is 21.5. The average Bonchev–Trinajstić information content (AvgIpc) is 3.33. The number of aliphatic hydroxyl groups is 1. The lowest BCUT2D eigenvalue weighted by Crippen LogP contribution is -2.36. The van der Waals surface area contributed by atoms with Crippen LogP contribution in [0, 0.1) is 17.7 Å². The number of benzene rings is 2. The van der Waals surface area contributed by atoms with E-state index in [9.17, 15) is 9.50 Å². The normalized spacial score (nSPS) is 17.3. The minimum atomic E-state index is -1.03. The van der Waals surface area contributed by atoms with Crippen LogP contribution < -0.4 is 10.6 Å². The monoisotopic (exact) mass is 512 g/mol. The summed E-state index contributed by atoms with van der Waals surface area (Å²) in [6.07, 6.45) is 4.25. The summed E-state index contributed by atoms with van der Waals surface area (Å²) in [5.41, 5.74) is 8.66. The van der Waals surface area contributed by atoms with Gasteiger partial charge in [-0.1, -0.05) is 24.5 Å². The summed E-state index contributed by atoms with van der Waals surface area (Å²) >= 11 is 0. The van der Waals surface area contributed by atoms with Crippen molar-refractivity contribution >= 4 is 22.7 Å². The van der Waals surface area contributed by atoms with Crippen molar-refractivity contribution in [3.8, 4) is 28.9 Å². The molecule has 3 N–H and O–H groups in total. The average molecular weight is 513 g/mol. The predicted molar refractivity (Wildman–Crippen MR) is 144 cm³/mol. The van der Waals surface area contributed by atoms with Crippen LogP contribution >= 0.6 is 0 Å². The van der Waals surface area contributed by atoms with Gasteiger partial charge in [0, 0.05) is 30.0 Å². The van der Waals surface area contributed by atoms with Gasteiger partial charge >= 0.3 is 0 Å². The SMILES string of the molecule is Nc1nc(C#CC2(O)CCCCC2)nc2c1nc(-c1cccc(F)c1)n2-c1ccc(N2CCOCC2)cc1. The van der Waals surface area contributed by atoms with Gasteiger partial charge in [-0.05, 0) is 68.0 Å². The summed E-state index contributed by atoms with van der Waals surface area (Å²) in [7, 11) is 0. The second-order valence-corrected chi connectivity index (χ2v) is 9.84. The number of ether oxygens (including phenoxy) is 1. The lowest BCUT2D eigenvalue weighted by molar-refractivity contribution is 0.0610. The first-order valence-electron chi connectivity index (χ1n) is 13.0. The van der Waals surface area contributed by atoms with Crippen LogP contribution in [0.1, 0.15) is 37.9 Å². The van der Waals surface area contributed by atoms with Crippen molar-refractivity contribution in [2.24, 2.45) is 0 Å². The Morgan fingerprint density at radius 3 is 2.42 bits per heavy atom. The highest BCUT2D eigenvalue weighted by Crippen LogP contribution is 2.31. The van der Waals surface area contributed by atoms with E-state index in [0.717, 1.165) is 43.7 Å². The molecule has 0 spiro atoms. The molecule has 0 atom stereocenters. The molecule has 1 saturated carbocycles. The molecule has 0 bridgehead atoms. The number of rotatable bonds is 3. The minimum Gasteiger partial charge on any atom is -0.382 e. The minimum absolute atomic E-state index is 0.177. The van der Waals surface area contributed by atoms with Crippen molar-refractivity contribution in [3.05, 3.63) is 60.2 Å². The van der Waals surface area contributed by atoms with Gasteiger partial charge in [0.25, 0.3) is 0 Å². The lowest BCUT2D eigenvalue weighted by atomic mass is 9.85. The van der Waals surface area contributed by atoms with Gasteiger partial charge in [-0.2, -0.15) is 0 Å². The number of nitrogens with zero attached hydrogens (tertiary/aromatic N) is 5. The summed E-state index contributed by atoms with van der Waals surface area (Å²) in [6, 6.07) is 14.3. The molecule has 2 aliphatic rings. The molecule has 2 aromatic heterocycles. The Balaban J connectivity index is 1.48. The van der Waals surface area contributed by atoms with Crippen LogP contribution in [0.25, 0.3) is 28.2 Å². The van der Waals surface area contributed by atoms with Gasteiger partial charge in [0.2, 0.25) is 5.82 Å². The summed E-state index contributed by atoms with van der Waals surface area (Å²) in [4.78, 5) is 16.1. The first-order chi connectivity index (χ1) is 18.5. The Kier molecular flexibility index (Phi) is 6.44. The van der Waals surface area contributed by atoms with Crippen LogP contribution in [0.4, 0.5) is 15.9 Å². The van der Waals surface area contributed by atoms with Crippen molar-refractivity contribution in [3.63, 3.8) is 0 Å². The molecule has 0 radical (unpaired) electrons. The molecule has 4 aromatic rings. The van der Waals surface area contributed by atoms with Crippen LogP contribution in [0.3, 0.4) is 0 Å². The molecule has 2 aromatic carbocycles. The number of hydrogen-bond donors (Lipinski definition) is 2. The maximum atomic E-state index is 14.2. The molecule has 9 heteroatoms. The number of nitrogen functional groups attached to an aromatic ring is 1. The Morgan fingerprint density at radius 1 is 0.947 bits per heavy atom. The number of fused-ring (bicyclic) bond motifs is 1. The Bertz CT molecular complexity index is 1530. The van der Waals surface area contributed by atoms with E-state index in [1.165, 1.54) is 12.1 Å². The maximum absolute atomic E-state index is 14.2. The van der Waals surface area contributed by atoms with E-state index in [0.29, 0.717) is 48.6 Å². The number of morpholine rings is 1. The fourth-order valence-corrected chi connectivity index (χ4v) is 5.17. The van der Waals surface area contributed by atoms with Gasteiger partial charge in [-0.15, -0.1) is 0 Å². The fraction of sp³-hybridized carbons (Fsp3) is 0.345. The fourth-order valence-electron chi connectivity index (χ4n) is 5.17. The van der Waals surface area contributed by atoms with Crippen molar-refractivity contribution in [2.45, 2.75) is 37.7 Å². The van der Waals surface area contributed by atoms with Crippen molar-refractivity contribution in [2.75, 3.05) is 36.9 Å². The number of halogens is 1. The smallest absolute Gasteiger partial charge is 0.209 e. The topological polar surface area (TPSA) is 102 Å². The van der Waals surface area contributed by atoms with Crippen LogP contribution in [-0.4, -0.2) is 56.5 Å². The maximum Gasteiger partial charge on any atom is 0.209 e. The second kappa shape index (κ2) is 10.0. The van der Waals surface area contributed by atoms with E-state index < -0.39 is 5.60 Å². The van der Waals surface area contributed by atoms with Crippen molar-refractivity contribution in [1.29, 1.82) is 0 Å². The largest absolute Gasteiger partial charge is 0.382 e. The molecule has 38 heavy (non-hydrogen) atoms. The number of hydrogen-bond acceptors (Lipinski definition) is 7. The van der Waals surface area contributed by atoms with E-state index >= 15 is 0 Å². The van der Waals surface area contributed by atoms with Crippen molar-refractivity contribution in [1.82, 2.24) is 19.5 Å². The molecule has 1 saturated heterocycles. The summed E-state index contributed by atoms with van der Waals surface area (Å²) in [5.74, 6) is 6.46. The number of imidazole rings is 1. The van der Waals surface area contributed by atoms with E-state index in [1.54, 1.807) is 12.1 Å². The third-order valence-electron chi connectivity index (χ3n) is 7.19. The molecule has 1 aliphatic carbocycles. The molecule has 1 aliphatic heterocycles. The number of anilines is 2. The number of nitrogens with two attached hydrogens (primary N) is 1. The Hall–Kier alpha value is -4.00. The van der Waals surface area contributed by atoms with Gasteiger partial charge in [0.15, 0.2) is 17.0 Å². The molecule has 3 heterocycles. The highest BCUT2D eigenvalue weighted by Gasteiger charge is 2.27.